The van der Waals surface area contributed by atoms with Gasteiger partial charge in [0.1, 0.15) is 17.9 Å². The van der Waals surface area contributed by atoms with Crippen LogP contribution >= 0.6 is 0 Å². The van der Waals surface area contributed by atoms with Crippen molar-refractivity contribution in [3.05, 3.63) is 42.1 Å². The van der Waals surface area contributed by atoms with Gasteiger partial charge < -0.3 is 18.6 Å². The molecule has 28 heavy (non-hydrogen) atoms. The Morgan fingerprint density at radius 1 is 1.21 bits per heavy atom. The van der Waals surface area contributed by atoms with E-state index in [9.17, 15) is 14.4 Å². The van der Waals surface area contributed by atoms with E-state index in [0.717, 1.165) is 11.0 Å². The summed E-state index contributed by atoms with van der Waals surface area (Å²) < 4.78 is 16.1. The number of nitrogens with one attached hydrogen (secondary N) is 1. The highest BCUT2D eigenvalue weighted by atomic mass is 16.5. The highest BCUT2D eigenvalue weighted by molar-refractivity contribution is 5.96. The molecular formula is C19H17N3O6. The number of para-hydroxylation sites is 1. The number of aromatic nitrogens is 1. The Kier molecular flexibility index (Phi) is 4.79. The van der Waals surface area contributed by atoms with E-state index in [2.05, 4.69) is 10.5 Å². The van der Waals surface area contributed by atoms with Gasteiger partial charge in [0.2, 0.25) is 11.7 Å². The second kappa shape index (κ2) is 7.55. The van der Waals surface area contributed by atoms with Crippen molar-refractivity contribution < 1.29 is 28.1 Å². The highest BCUT2D eigenvalue weighted by Gasteiger charge is 2.23. The minimum Gasteiger partial charge on any atom is -0.459 e. The second-order valence-corrected chi connectivity index (χ2v) is 6.33. The van der Waals surface area contributed by atoms with Gasteiger partial charge in [-0.2, -0.15) is 0 Å². The molecule has 0 aliphatic carbocycles. The van der Waals surface area contributed by atoms with Crippen LogP contribution in [0, 0.1) is 0 Å². The van der Waals surface area contributed by atoms with Gasteiger partial charge in [0.25, 0.3) is 0 Å². The largest absolute Gasteiger partial charge is 0.459 e. The molecule has 0 atom stereocenters. The summed E-state index contributed by atoms with van der Waals surface area (Å²) in [7, 11) is 0. The third-order valence-electron chi connectivity index (χ3n) is 4.34. The molecule has 1 aliphatic heterocycles. The van der Waals surface area contributed by atoms with Gasteiger partial charge in [-0.1, -0.05) is 23.4 Å². The van der Waals surface area contributed by atoms with E-state index in [1.807, 2.05) is 30.3 Å². The molecule has 3 heterocycles. The molecule has 9 nitrogen and oxygen atoms in total. The molecule has 0 unspecified atom stereocenters. The molecule has 9 heteroatoms. The molecule has 144 valence electrons. The lowest BCUT2D eigenvalue weighted by Crippen LogP contribution is -2.49. The van der Waals surface area contributed by atoms with Crippen molar-refractivity contribution in [3.8, 4) is 11.5 Å². The van der Waals surface area contributed by atoms with Crippen LogP contribution in [0.2, 0.25) is 0 Å². The van der Waals surface area contributed by atoms with Crippen molar-refractivity contribution in [1.29, 1.82) is 0 Å². The van der Waals surface area contributed by atoms with Gasteiger partial charge in [-0.3, -0.25) is 14.9 Å². The number of hydrogen-bond acceptors (Lipinski definition) is 7. The van der Waals surface area contributed by atoms with Crippen LogP contribution in [0.1, 0.15) is 18.5 Å². The zero-order chi connectivity index (χ0) is 19.5. The molecule has 1 N–H and O–H groups in total. The van der Waals surface area contributed by atoms with Gasteiger partial charge in [-0.15, -0.1) is 0 Å². The number of furan rings is 1. The van der Waals surface area contributed by atoms with Crippen LogP contribution in [0.4, 0.5) is 4.79 Å². The SMILES string of the molecule is O=C1CCN(CCC(=O)OCc2cc(-c3cc4ccccc4o3)on2)C(=O)N1. The van der Waals surface area contributed by atoms with E-state index in [-0.39, 0.29) is 31.9 Å². The molecule has 1 aliphatic rings. The second-order valence-electron chi connectivity index (χ2n) is 6.33. The fraction of sp³-hybridized carbons (Fsp3) is 0.263. The summed E-state index contributed by atoms with van der Waals surface area (Å²) in [6, 6.07) is 10.6. The van der Waals surface area contributed by atoms with E-state index >= 15 is 0 Å². The van der Waals surface area contributed by atoms with Crippen LogP contribution in [-0.2, 0) is 20.9 Å². The maximum atomic E-state index is 11.9. The third-order valence-corrected chi connectivity index (χ3v) is 4.34. The number of ether oxygens (including phenoxy) is 1. The van der Waals surface area contributed by atoms with Crippen molar-refractivity contribution in [2.24, 2.45) is 0 Å². The van der Waals surface area contributed by atoms with Crippen molar-refractivity contribution >= 4 is 28.9 Å². The molecule has 0 radical (unpaired) electrons. The predicted molar refractivity (Wildman–Crippen MR) is 95.9 cm³/mol. The standard InChI is InChI=1S/C19H17N3O6/c23-17-5-7-22(19(25)20-17)8-6-18(24)26-11-13-10-16(28-21-13)15-9-12-3-1-2-4-14(12)27-15/h1-4,9-10H,5-8,11H2,(H,20,23,25). The summed E-state index contributed by atoms with van der Waals surface area (Å²) in [4.78, 5) is 36.0. The Labute approximate surface area is 159 Å². The molecule has 4 rings (SSSR count). The van der Waals surface area contributed by atoms with Crippen LogP contribution in [0.25, 0.3) is 22.5 Å². The van der Waals surface area contributed by atoms with E-state index in [1.54, 1.807) is 6.07 Å². The van der Waals surface area contributed by atoms with Gasteiger partial charge in [0.05, 0.1) is 6.42 Å². The molecule has 1 saturated heterocycles. The normalized spacial score (nSPS) is 14.4. The first kappa shape index (κ1) is 17.8. The number of benzene rings is 1. The molecule has 1 aromatic carbocycles. The number of rotatable bonds is 6. The lowest BCUT2D eigenvalue weighted by Gasteiger charge is -2.25. The Morgan fingerprint density at radius 3 is 2.89 bits per heavy atom. The van der Waals surface area contributed by atoms with Gasteiger partial charge in [-0.05, 0) is 12.1 Å². The first-order chi connectivity index (χ1) is 13.6. The number of carbonyl (C=O) groups is 3. The lowest BCUT2D eigenvalue weighted by molar-refractivity contribution is -0.145. The Morgan fingerprint density at radius 2 is 2.07 bits per heavy atom. The van der Waals surface area contributed by atoms with Crippen LogP contribution < -0.4 is 5.32 Å². The zero-order valence-corrected chi connectivity index (χ0v) is 14.8. The fourth-order valence-corrected chi connectivity index (χ4v) is 2.86. The fourth-order valence-electron chi connectivity index (χ4n) is 2.86. The van der Waals surface area contributed by atoms with Gasteiger partial charge in [0.15, 0.2) is 5.76 Å². The minimum absolute atomic E-state index is 0.0237. The Bertz CT molecular complexity index is 1000. The quantitative estimate of drug-likeness (QED) is 0.650. The van der Waals surface area contributed by atoms with E-state index in [4.69, 9.17) is 13.7 Å². The number of carbonyl (C=O) groups excluding carboxylic acids is 3. The average molecular weight is 383 g/mol. The average Bonchev–Trinajstić information content (AvgIpc) is 3.32. The summed E-state index contributed by atoms with van der Waals surface area (Å²) in [6.45, 7) is 0.427. The van der Waals surface area contributed by atoms with Crippen molar-refractivity contribution in [2.75, 3.05) is 13.1 Å². The number of amides is 3. The van der Waals surface area contributed by atoms with Crippen LogP contribution in [0.3, 0.4) is 0 Å². The minimum atomic E-state index is -0.490. The molecule has 3 aromatic rings. The summed E-state index contributed by atoms with van der Waals surface area (Å²) in [5.74, 6) is 0.196. The zero-order valence-electron chi connectivity index (χ0n) is 14.8. The van der Waals surface area contributed by atoms with Crippen molar-refractivity contribution in [1.82, 2.24) is 15.4 Å². The van der Waals surface area contributed by atoms with Gasteiger partial charge in [0, 0.05) is 31.0 Å². The van der Waals surface area contributed by atoms with Gasteiger partial charge in [-0.25, -0.2) is 4.79 Å². The van der Waals surface area contributed by atoms with Crippen molar-refractivity contribution in [3.63, 3.8) is 0 Å². The number of urea groups is 1. The number of imide groups is 1. The highest BCUT2D eigenvalue weighted by Crippen LogP contribution is 2.28. The van der Waals surface area contributed by atoms with Crippen LogP contribution in [0.5, 0.6) is 0 Å². The summed E-state index contributed by atoms with van der Waals surface area (Å²) in [5, 5.41) is 7.03. The monoisotopic (exact) mass is 383 g/mol. The number of nitrogens with zero attached hydrogens (tertiary/aromatic N) is 2. The Hall–Kier alpha value is -3.62. The van der Waals surface area contributed by atoms with Gasteiger partial charge >= 0.3 is 12.0 Å². The van der Waals surface area contributed by atoms with E-state index in [1.165, 1.54) is 4.90 Å². The number of hydrogen-bond donors (Lipinski definition) is 1. The van der Waals surface area contributed by atoms with E-state index in [0.29, 0.717) is 23.8 Å². The first-order valence-electron chi connectivity index (χ1n) is 8.77. The smallest absolute Gasteiger partial charge is 0.324 e. The molecule has 0 bridgehead atoms. The third kappa shape index (κ3) is 3.88. The van der Waals surface area contributed by atoms with Crippen LogP contribution in [-0.4, -0.2) is 41.1 Å². The molecular weight excluding hydrogens is 366 g/mol. The number of fused-ring (bicyclic) bond motifs is 1. The maximum Gasteiger partial charge on any atom is 0.324 e. The summed E-state index contributed by atoms with van der Waals surface area (Å²) >= 11 is 0. The first-order valence-corrected chi connectivity index (χ1v) is 8.77. The molecule has 3 amide bonds. The Balaban J connectivity index is 1.29. The molecule has 1 fully saturated rings. The van der Waals surface area contributed by atoms with Crippen molar-refractivity contribution in [2.45, 2.75) is 19.4 Å². The molecule has 0 spiro atoms. The maximum absolute atomic E-state index is 11.9. The molecule has 0 saturated carbocycles. The van der Waals surface area contributed by atoms with Crippen LogP contribution in [0.15, 0.2) is 45.3 Å². The summed E-state index contributed by atoms with van der Waals surface area (Å²) in [6.07, 6.45) is 0.250. The number of esters is 1. The lowest BCUT2D eigenvalue weighted by atomic mass is 10.2. The summed E-state index contributed by atoms with van der Waals surface area (Å²) in [5.41, 5.74) is 1.19. The predicted octanol–water partition coefficient (Wildman–Crippen LogP) is 2.46. The van der Waals surface area contributed by atoms with E-state index < -0.39 is 12.0 Å². The topological polar surface area (TPSA) is 115 Å². The molecule has 2 aromatic heterocycles.